The van der Waals surface area contributed by atoms with Crippen LogP contribution < -0.4 is 0 Å². The molecule has 0 saturated carbocycles. The number of fused-ring (bicyclic) bond motifs is 1. The molecule has 0 radical (unpaired) electrons. The second-order valence-corrected chi connectivity index (χ2v) is 8.95. The van der Waals surface area contributed by atoms with Gasteiger partial charge in [0.25, 0.3) is 5.91 Å². The summed E-state index contributed by atoms with van der Waals surface area (Å²) >= 11 is 0. The highest BCUT2D eigenvalue weighted by atomic mass is 32.2. The highest BCUT2D eigenvalue weighted by Crippen LogP contribution is 2.28. The number of benzene rings is 1. The van der Waals surface area contributed by atoms with Gasteiger partial charge in [0.1, 0.15) is 0 Å². The Labute approximate surface area is 156 Å². The van der Waals surface area contributed by atoms with Crippen LogP contribution in [0.3, 0.4) is 0 Å². The van der Waals surface area contributed by atoms with Crippen molar-refractivity contribution in [2.24, 2.45) is 0 Å². The van der Waals surface area contributed by atoms with Gasteiger partial charge in [-0.15, -0.1) is 0 Å². The molecule has 1 amide bonds. The third-order valence-electron chi connectivity index (χ3n) is 4.84. The third-order valence-corrected chi connectivity index (χ3v) is 6.59. The van der Waals surface area contributed by atoms with Gasteiger partial charge in [-0.1, -0.05) is 12.1 Å². The minimum atomic E-state index is -3.14. The summed E-state index contributed by atoms with van der Waals surface area (Å²) in [5, 5.41) is 0.453. The number of hydrogen-bond acceptors (Lipinski definition) is 6. The molecule has 1 aromatic carbocycles. The Morgan fingerprint density at radius 3 is 2.67 bits per heavy atom. The van der Waals surface area contributed by atoms with Crippen LogP contribution in [-0.2, 0) is 19.4 Å². The molecule has 2 atom stereocenters. The summed E-state index contributed by atoms with van der Waals surface area (Å²) in [5.41, 5.74) is 0.374. The van der Waals surface area contributed by atoms with Crippen molar-refractivity contribution in [1.82, 2.24) is 4.90 Å². The molecule has 146 valence electrons. The molecule has 0 unspecified atom stereocenters. The smallest absolute Gasteiger partial charge is 0.375 e. The van der Waals surface area contributed by atoms with Crippen LogP contribution in [-0.4, -0.2) is 55.9 Å². The number of ether oxygens (including phenoxy) is 1. The van der Waals surface area contributed by atoms with Crippen molar-refractivity contribution in [2.45, 2.75) is 32.4 Å². The molecule has 1 saturated heterocycles. The largest absolute Gasteiger partial charge is 0.447 e. The number of carbonyl (C=O) groups is 2. The van der Waals surface area contributed by atoms with Crippen LogP contribution in [0.25, 0.3) is 11.0 Å². The molecule has 1 fully saturated rings. The fourth-order valence-electron chi connectivity index (χ4n) is 3.22. The van der Waals surface area contributed by atoms with Crippen molar-refractivity contribution in [2.75, 3.05) is 18.6 Å². The van der Waals surface area contributed by atoms with Gasteiger partial charge in [-0.25, -0.2) is 17.6 Å². The van der Waals surface area contributed by atoms with Crippen molar-refractivity contribution < 1.29 is 31.6 Å². The van der Waals surface area contributed by atoms with E-state index >= 15 is 0 Å². The van der Waals surface area contributed by atoms with Crippen LogP contribution in [0.15, 0.2) is 22.6 Å². The Hall–Kier alpha value is -2.42. The van der Waals surface area contributed by atoms with Crippen molar-refractivity contribution in [1.29, 1.82) is 0 Å². The number of aryl methyl sites for hydroxylation is 1. The maximum Gasteiger partial charge on any atom is 0.375 e. The van der Waals surface area contributed by atoms with E-state index in [9.17, 15) is 22.4 Å². The Balaban J connectivity index is 1.73. The van der Waals surface area contributed by atoms with E-state index in [1.165, 1.54) is 31.0 Å². The Bertz CT molecular complexity index is 1010. The summed E-state index contributed by atoms with van der Waals surface area (Å²) in [6.45, 7) is 3.00. The van der Waals surface area contributed by atoms with Gasteiger partial charge in [0, 0.05) is 24.0 Å². The number of carbonyl (C=O) groups excluding carboxylic acids is 2. The average Bonchev–Trinajstić information content (AvgIpc) is 3.14. The van der Waals surface area contributed by atoms with E-state index in [4.69, 9.17) is 9.15 Å². The maximum atomic E-state index is 13.8. The maximum absolute atomic E-state index is 13.8. The lowest BCUT2D eigenvalue weighted by Gasteiger charge is -2.26. The van der Waals surface area contributed by atoms with E-state index in [-0.39, 0.29) is 22.8 Å². The molecule has 2 heterocycles. The lowest BCUT2D eigenvalue weighted by Crippen LogP contribution is -2.44. The zero-order valence-corrected chi connectivity index (χ0v) is 16.0. The number of halogens is 1. The molecule has 0 spiro atoms. The fourth-order valence-corrected chi connectivity index (χ4v) is 4.99. The van der Waals surface area contributed by atoms with Gasteiger partial charge < -0.3 is 14.1 Å². The lowest BCUT2D eigenvalue weighted by atomic mass is 10.1. The highest BCUT2D eigenvalue weighted by molar-refractivity contribution is 7.91. The average molecular weight is 397 g/mol. The van der Waals surface area contributed by atoms with Gasteiger partial charge in [-0.3, -0.25) is 4.79 Å². The number of likely N-dealkylation sites (N-methyl/N-ethyl adjacent to an activating group) is 1. The second-order valence-electron chi connectivity index (χ2n) is 6.73. The first-order chi connectivity index (χ1) is 12.6. The minimum absolute atomic E-state index is 0.0349. The van der Waals surface area contributed by atoms with E-state index in [1.54, 1.807) is 13.0 Å². The molecule has 0 bridgehead atoms. The monoisotopic (exact) mass is 397 g/mol. The Kier molecular flexibility index (Phi) is 4.98. The molecule has 7 nitrogen and oxygen atoms in total. The zero-order chi connectivity index (χ0) is 19.9. The Morgan fingerprint density at radius 1 is 1.37 bits per heavy atom. The van der Waals surface area contributed by atoms with E-state index in [1.807, 2.05) is 0 Å². The summed E-state index contributed by atoms with van der Waals surface area (Å²) in [4.78, 5) is 26.2. The first-order valence-corrected chi connectivity index (χ1v) is 10.3. The summed E-state index contributed by atoms with van der Waals surface area (Å²) in [7, 11) is -1.66. The number of esters is 1. The van der Waals surface area contributed by atoms with Crippen LogP contribution in [0.2, 0.25) is 0 Å². The van der Waals surface area contributed by atoms with E-state index in [0.717, 1.165) is 0 Å². The number of rotatable bonds is 4. The number of nitrogens with zero attached hydrogens (tertiary/aromatic N) is 1. The number of amides is 1. The van der Waals surface area contributed by atoms with Crippen LogP contribution in [0.1, 0.15) is 29.5 Å². The van der Waals surface area contributed by atoms with Crippen molar-refractivity contribution in [3.8, 4) is 0 Å². The third kappa shape index (κ3) is 3.69. The summed E-state index contributed by atoms with van der Waals surface area (Å²) < 4.78 is 47.5. The first kappa shape index (κ1) is 19.3. The summed E-state index contributed by atoms with van der Waals surface area (Å²) in [6.07, 6.45) is -0.782. The molecule has 27 heavy (non-hydrogen) atoms. The molecule has 3 rings (SSSR count). The minimum Gasteiger partial charge on any atom is -0.447 e. The Morgan fingerprint density at radius 2 is 2.07 bits per heavy atom. The molecular formula is C18H20FNO6S. The molecular weight excluding hydrogens is 377 g/mol. The van der Waals surface area contributed by atoms with Gasteiger partial charge in [0.05, 0.1) is 11.5 Å². The standard InChI is InChI=1S/C18H20FNO6S/c1-10-13-5-4-6-14(19)16(13)26-15(10)18(22)25-11(2)17(21)20(3)12-7-8-27(23,24)9-12/h4-6,11-12H,7-9H2,1-3H3/t11-,12+/m0/s1. The van der Waals surface area contributed by atoms with Crippen molar-refractivity contribution in [3.63, 3.8) is 0 Å². The SMILES string of the molecule is Cc1c(C(=O)O[C@@H](C)C(=O)N(C)[C@@H]2CCS(=O)(=O)C2)oc2c(F)cccc12. The topological polar surface area (TPSA) is 93.9 Å². The van der Waals surface area contributed by atoms with Crippen LogP contribution in [0, 0.1) is 12.7 Å². The fraction of sp³-hybridized carbons (Fsp3) is 0.444. The van der Waals surface area contributed by atoms with E-state index < -0.39 is 39.7 Å². The molecule has 0 aliphatic carbocycles. The van der Waals surface area contributed by atoms with Crippen molar-refractivity contribution >= 4 is 32.7 Å². The highest BCUT2D eigenvalue weighted by Gasteiger charge is 2.35. The quantitative estimate of drug-likeness (QED) is 0.733. The van der Waals surface area contributed by atoms with Gasteiger partial charge in [0.2, 0.25) is 5.76 Å². The van der Waals surface area contributed by atoms with E-state index in [2.05, 4.69) is 0 Å². The normalized spacial score (nSPS) is 19.8. The molecule has 0 N–H and O–H groups in total. The second kappa shape index (κ2) is 6.95. The molecule has 1 aliphatic heterocycles. The zero-order valence-electron chi connectivity index (χ0n) is 15.2. The summed E-state index contributed by atoms with van der Waals surface area (Å²) in [6, 6.07) is 3.91. The van der Waals surface area contributed by atoms with Gasteiger partial charge in [-0.05, 0) is 26.3 Å². The molecule has 2 aromatic rings. The van der Waals surface area contributed by atoms with Gasteiger partial charge >= 0.3 is 5.97 Å². The first-order valence-electron chi connectivity index (χ1n) is 8.46. The van der Waals surface area contributed by atoms with E-state index in [0.29, 0.717) is 17.4 Å². The lowest BCUT2D eigenvalue weighted by molar-refractivity contribution is -0.140. The molecule has 9 heteroatoms. The predicted molar refractivity (Wildman–Crippen MR) is 95.6 cm³/mol. The number of para-hydroxylation sites is 1. The molecule has 1 aromatic heterocycles. The predicted octanol–water partition coefficient (Wildman–Crippen LogP) is 2.07. The number of hydrogen-bond donors (Lipinski definition) is 0. The number of sulfone groups is 1. The van der Waals surface area contributed by atoms with Gasteiger partial charge in [-0.2, -0.15) is 0 Å². The van der Waals surface area contributed by atoms with Crippen molar-refractivity contribution in [3.05, 3.63) is 35.3 Å². The van der Waals surface area contributed by atoms with Crippen LogP contribution >= 0.6 is 0 Å². The van der Waals surface area contributed by atoms with Crippen LogP contribution in [0.4, 0.5) is 4.39 Å². The number of furan rings is 1. The van der Waals surface area contributed by atoms with Crippen LogP contribution in [0.5, 0.6) is 0 Å². The molecule has 1 aliphatic rings. The van der Waals surface area contributed by atoms with Gasteiger partial charge in [0.15, 0.2) is 27.3 Å². The summed E-state index contributed by atoms with van der Waals surface area (Å²) in [5.74, 6) is -2.21.